The van der Waals surface area contributed by atoms with Crippen LogP contribution < -0.4 is 5.32 Å². The molecular weight excluding hydrogens is 198 g/mol. The number of rotatable bonds is 2. The van der Waals surface area contributed by atoms with Crippen LogP contribution in [0.1, 0.15) is 27.2 Å². The minimum atomic E-state index is -2.22. The van der Waals surface area contributed by atoms with Gasteiger partial charge in [-0.1, -0.05) is 20.8 Å². The van der Waals surface area contributed by atoms with Crippen molar-refractivity contribution in [3.8, 4) is 0 Å². The molecule has 1 unspecified atom stereocenters. The Balaban J connectivity index is 2.53. The van der Waals surface area contributed by atoms with Gasteiger partial charge < -0.3 is 5.32 Å². The lowest BCUT2D eigenvalue weighted by Crippen LogP contribution is -2.47. The molecular formula is C11H22F2N2. The molecule has 1 fully saturated rings. The first kappa shape index (κ1) is 12.8. The zero-order chi connectivity index (χ0) is 11.5. The van der Waals surface area contributed by atoms with E-state index in [-0.39, 0.29) is 12.0 Å². The van der Waals surface area contributed by atoms with Crippen molar-refractivity contribution in [2.75, 3.05) is 26.2 Å². The lowest BCUT2D eigenvalue weighted by molar-refractivity contribution is 0.0797. The smallest absolute Gasteiger partial charge is 0.251 e. The molecule has 2 nitrogen and oxygen atoms in total. The molecule has 1 saturated heterocycles. The second-order valence-corrected chi connectivity index (χ2v) is 5.38. The van der Waals surface area contributed by atoms with Gasteiger partial charge in [0.2, 0.25) is 0 Å². The molecule has 0 radical (unpaired) electrons. The third-order valence-electron chi connectivity index (χ3n) is 2.92. The van der Waals surface area contributed by atoms with Crippen LogP contribution in [0.4, 0.5) is 8.78 Å². The number of halogens is 2. The van der Waals surface area contributed by atoms with E-state index < -0.39 is 6.43 Å². The molecule has 0 aliphatic carbocycles. The van der Waals surface area contributed by atoms with Gasteiger partial charge in [0.25, 0.3) is 6.43 Å². The Hall–Kier alpha value is -0.220. The van der Waals surface area contributed by atoms with Crippen LogP contribution in [0.25, 0.3) is 0 Å². The van der Waals surface area contributed by atoms with Gasteiger partial charge in [-0.25, -0.2) is 8.78 Å². The zero-order valence-corrected chi connectivity index (χ0v) is 9.89. The summed E-state index contributed by atoms with van der Waals surface area (Å²) in [6.45, 7) is 8.80. The lowest BCUT2D eigenvalue weighted by atomic mass is 9.86. The molecule has 1 aliphatic heterocycles. The second kappa shape index (κ2) is 5.21. The molecule has 1 N–H and O–H groups in total. The molecule has 1 rings (SSSR count). The van der Waals surface area contributed by atoms with Crippen LogP contribution in [0, 0.1) is 5.41 Å². The van der Waals surface area contributed by atoms with Gasteiger partial charge in [0.05, 0.1) is 6.54 Å². The van der Waals surface area contributed by atoms with Crippen molar-refractivity contribution < 1.29 is 8.78 Å². The van der Waals surface area contributed by atoms with Crippen molar-refractivity contribution in [2.45, 2.75) is 39.7 Å². The average molecular weight is 220 g/mol. The molecule has 0 amide bonds. The molecule has 0 aromatic heterocycles. The number of hydrogen-bond acceptors (Lipinski definition) is 2. The van der Waals surface area contributed by atoms with Crippen LogP contribution in [-0.2, 0) is 0 Å². The molecule has 0 aromatic rings. The molecule has 0 aromatic carbocycles. The van der Waals surface area contributed by atoms with Crippen LogP contribution >= 0.6 is 0 Å². The maximum atomic E-state index is 12.3. The Morgan fingerprint density at radius 2 is 2.07 bits per heavy atom. The maximum absolute atomic E-state index is 12.3. The average Bonchev–Trinajstić information content (AvgIpc) is 2.27. The van der Waals surface area contributed by atoms with Gasteiger partial charge in [-0.15, -0.1) is 0 Å². The highest BCUT2D eigenvalue weighted by atomic mass is 19.3. The normalized spacial score (nSPS) is 25.6. The highest BCUT2D eigenvalue weighted by Gasteiger charge is 2.28. The van der Waals surface area contributed by atoms with Gasteiger partial charge in [-0.3, -0.25) is 4.90 Å². The fourth-order valence-corrected chi connectivity index (χ4v) is 1.93. The molecule has 1 aliphatic rings. The summed E-state index contributed by atoms with van der Waals surface area (Å²) in [5, 5.41) is 3.44. The Kier molecular flexibility index (Phi) is 4.46. The van der Waals surface area contributed by atoms with Gasteiger partial charge in [-0.2, -0.15) is 0 Å². The molecule has 0 saturated carbocycles. The summed E-state index contributed by atoms with van der Waals surface area (Å²) >= 11 is 0. The van der Waals surface area contributed by atoms with E-state index in [9.17, 15) is 8.78 Å². The second-order valence-electron chi connectivity index (χ2n) is 5.38. The Bertz CT molecular complexity index is 190. The summed E-state index contributed by atoms with van der Waals surface area (Å²) in [5.41, 5.74) is 0.130. The van der Waals surface area contributed by atoms with E-state index >= 15 is 0 Å². The predicted octanol–water partition coefficient (Wildman–Crippen LogP) is 1.96. The van der Waals surface area contributed by atoms with Gasteiger partial charge in [0, 0.05) is 12.6 Å². The highest BCUT2D eigenvalue weighted by molar-refractivity contribution is 4.85. The SMILES string of the molecule is CC(C)(C)C1CN(CC(F)F)CCCN1. The number of hydrogen-bond donors (Lipinski definition) is 1. The molecule has 15 heavy (non-hydrogen) atoms. The van der Waals surface area contributed by atoms with Crippen LogP contribution in [-0.4, -0.2) is 43.5 Å². The van der Waals surface area contributed by atoms with Gasteiger partial charge in [0.15, 0.2) is 0 Å². The summed E-state index contributed by atoms with van der Waals surface area (Å²) in [6, 6.07) is 0.304. The van der Waals surface area contributed by atoms with E-state index in [1.54, 1.807) is 0 Å². The molecule has 1 atom stereocenters. The monoisotopic (exact) mass is 220 g/mol. The highest BCUT2D eigenvalue weighted by Crippen LogP contribution is 2.21. The molecule has 1 heterocycles. The van der Waals surface area contributed by atoms with Crippen molar-refractivity contribution in [1.29, 1.82) is 0 Å². The van der Waals surface area contributed by atoms with E-state index in [0.717, 1.165) is 26.1 Å². The van der Waals surface area contributed by atoms with Gasteiger partial charge in [-0.05, 0) is 24.9 Å². The van der Waals surface area contributed by atoms with Crippen LogP contribution in [0.15, 0.2) is 0 Å². The van der Waals surface area contributed by atoms with E-state index in [1.807, 2.05) is 4.90 Å². The maximum Gasteiger partial charge on any atom is 0.251 e. The first-order chi connectivity index (χ1) is 6.89. The molecule has 90 valence electrons. The Morgan fingerprint density at radius 1 is 1.40 bits per heavy atom. The van der Waals surface area contributed by atoms with Crippen LogP contribution in [0.3, 0.4) is 0 Å². The van der Waals surface area contributed by atoms with Crippen LogP contribution in [0.2, 0.25) is 0 Å². The largest absolute Gasteiger partial charge is 0.312 e. The summed E-state index contributed by atoms with van der Waals surface area (Å²) in [5.74, 6) is 0. The first-order valence-corrected chi connectivity index (χ1v) is 5.63. The van der Waals surface area contributed by atoms with E-state index in [4.69, 9.17) is 0 Å². The summed E-state index contributed by atoms with van der Waals surface area (Å²) in [6.07, 6.45) is -1.26. The van der Waals surface area contributed by atoms with E-state index in [2.05, 4.69) is 26.1 Å². The third-order valence-corrected chi connectivity index (χ3v) is 2.92. The topological polar surface area (TPSA) is 15.3 Å². The van der Waals surface area contributed by atoms with E-state index in [1.165, 1.54) is 0 Å². The minimum Gasteiger partial charge on any atom is -0.312 e. The van der Waals surface area contributed by atoms with Gasteiger partial charge >= 0.3 is 0 Å². The Labute approximate surface area is 91.0 Å². The van der Waals surface area contributed by atoms with Crippen LogP contribution in [0.5, 0.6) is 0 Å². The van der Waals surface area contributed by atoms with Crippen molar-refractivity contribution in [3.63, 3.8) is 0 Å². The van der Waals surface area contributed by atoms with E-state index in [0.29, 0.717) is 6.04 Å². The minimum absolute atomic E-state index is 0.0890. The fourth-order valence-electron chi connectivity index (χ4n) is 1.93. The fraction of sp³-hybridized carbons (Fsp3) is 1.00. The van der Waals surface area contributed by atoms with Crippen molar-refractivity contribution >= 4 is 0 Å². The number of nitrogens with zero attached hydrogens (tertiary/aromatic N) is 1. The third kappa shape index (κ3) is 4.43. The Morgan fingerprint density at radius 3 is 2.60 bits per heavy atom. The molecule has 0 bridgehead atoms. The first-order valence-electron chi connectivity index (χ1n) is 5.63. The van der Waals surface area contributed by atoms with Gasteiger partial charge in [0.1, 0.15) is 0 Å². The predicted molar refractivity (Wildman–Crippen MR) is 58.3 cm³/mol. The van der Waals surface area contributed by atoms with Crippen molar-refractivity contribution in [1.82, 2.24) is 10.2 Å². The summed E-state index contributed by atoms with van der Waals surface area (Å²) < 4.78 is 24.6. The standard InChI is InChI=1S/C11H22F2N2/c1-11(2,3)9-7-15(8-10(12)13)6-4-5-14-9/h9-10,14H,4-8H2,1-3H3. The quantitative estimate of drug-likeness (QED) is 0.765. The molecule has 4 heteroatoms. The lowest BCUT2D eigenvalue weighted by Gasteiger charge is -2.33. The number of alkyl halides is 2. The molecule has 0 spiro atoms. The summed E-state index contributed by atoms with van der Waals surface area (Å²) in [7, 11) is 0. The summed E-state index contributed by atoms with van der Waals surface area (Å²) in [4.78, 5) is 1.88. The van der Waals surface area contributed by atoms with Crippen molar-refractivity contribution in [2.24, 2.45) is 5.41 Å². The zero-order valence-electron chi connectivity index (χ0n) is 9.89. The van der Waals surface area contributed by atoms with Crippen molar-refractivity contribution in [3.05, 3.63) is 0 Å². The number of nitrogens with one attached hydrogen (secondary N) is 1.